The van der Waals surface area contributed by atoms with Gasteiger partial charge in [0.2, 0.25) is 0 Å². The van der Waals surface area contributed by atoms with Gasteiger partial charge in [0.15, 0.2) is 0 Å². The number of esters is 3. The van der Waals surface area contributed by atoms with E-state index in [1.807, 2.05) is 0 Å². The fourth-order valence-electron chi connectivity index (χ4n) is 2.24. The lowest BCUT2D eigenvalue weighted by Crippen LogP contribution is -2.07. The van der Waals surface area contributed by atoms with Crippen molar-refractivity contribution >= 4 is 35.4 Å². The fraction of sp³-hybridized carbons (Fsp3) is 0.167. The normalized spacial score (nSPS) is 10.1. The number of nitro benzene ring substituents is 1. The van der Waals surface area contributed by atoms with Crippen molar-refractivity contribution in [3.8, 4) is 0 Å². The summed E-state index contributed by atoms with van der Waals surface area (Å²) < 4.78 is 13.9. The third kappa shape index (κ3) is 4.46. The number of benzene rings is 2. The van der Waals surface area contributed by atoms with E-state index >= 15 is 0 Å². The van der Waals surface area contributed by atoms with E-state index in [1.54, 1.807) is 0 Å². The molecule has 0 atom stereocenters. The molecule has 0 radical (unpaired) electrons. The van der Waals surface area contributed by atoms with Crippen LogP contribution >= 0.6 is 11.8 Å². The van der Waals surface area contributed by atoms with E-state index < -0.39 is 22.8 Å². The number of nitrogens with zero attached hydrogens (tertiary/aromatic N) is 1. The zero-order chi connectivity index (χ0) is 20.8. The number of hydrogen-bond acceptors (Lipinski definition) is 9. The maximum Gasteiger partial charge on any atom is 0.339 e. The molecule has 2 rings (SSSR count). The van der Waals surface area contributed by atoms with E-state index in [1.165, 1.54) is 44.6 Å². The Morgan fingerprint density at radius 3 is 1.89 bits per heavy atom. The molecule has 0 bridgehead atoms. The molecule has 9 nitrogen and oxygen atoms in total. The van der Waals surface area contributed by atoms with Crippen LogP contribution in [0.25, 0.3) is 0 Å². The van der Waals surface area contributed by atoms with Crippen molar-refractivity contribution in [2.45, 2.75) is 9.79 Å². The molecule has 0 spiro atoms. The first-order chi connectivity index (χ1) is 13.3. The van der Waals surface area contributed by atoms with Gasteiger partial charge in [-0.05, 0) is 30.3 Å². The predicted octanol–water partition coefficient (Wildman–Crippen LogP) is 3.11. The smallest absolute Gasteiger partial charge is 0.339 e. The Labute approximate surface area is 163 Å². The van der Waals surface area contributed by atoms with Gasteiger partial charge in [-0.25, -0.2) is 14.4 Å². The number of methoxy groups -OCH3 is 3. The minimum absolute atomic E-state index is 0.00931. The first-order valence-corrected chi connectivity index (χ1v) is 8.49. The molecule has 0 unspecified atom stereocenters. The van der Waals surface area contributed by atoms with Crippen LogP contribution in [0.5, 0.6) is 0 Å². The molecule has 0 N–H and O–H groups in total. The Morgan fingerprint density at radius 2 is 1.36 bits per heavy atom. The first-order valence-electron chi connectivity index (χ1n) is 7.67. The molecule has 0 saturated heterocycles. The second-order valence-corrected chi connectivity index (χ2v) is 6.31. The zero-order valence-corrected chi connectivity index (χ0v) is 15.9. The van der Waals surface area contributed by atoms with Gasteiger partial charge in [0.25, 0.3) is 5.69 Å². The second kappa shape index (κ2) is 9.00. The molecule has 0 saturated carbocycles. The SMILES string of the molecule is COC(=O)c1ccc(C(=O)OC)c(Sc2ccc(C(=O)OC)cc2[N+](=O)[O-])c1. The van der Waals surface area contributed by atoms with Crippen molar-refractivity contribution in [3.63, 3.8) is 0 Å². The van der Waals surface area contributed by atoms with Crippen molar-refractivity contribution in [3.05, 3.63) is 63.2 Å². The zero-order valence-electron chi connectivity index (χ0n) is 15.1. The number of carbonyl (C=O) groups is 3. The average molecular weight is 405 g/mol. The molecule has 0 aromatic heterocycles. The van der Waals surface area contributed by atoms with Crippen LogP contribution in [0, 0.1) is 10.1 Å². The highest BCUT2D eigenvalue weighted by molar-refractivity contribution is 7.99. The second-order valence-electron chi connectivity index (χ2n) is 5.23. The molecule has 146 valence electrons. The van der Waals surface area contributed by atoms with Gasteiger partial charge in [-0.3, -0.25) is 10.1 Å². The van der Waals surface area contributed by atoms with Gasteiger partial charge >= 0.3 is 17.9 Å². The van der Waals surface area contributed by atoms with Crippen molar-refractivity contribution in [1.82, 2.24) is 0 Å². The summed E-state index contributed by atoms with van der Waals surface area (Å²) >= 11 is 0.881. The molecule has 0 aliphatic heterocycles. The van der Waals surface area contributed by atoms with E-state index in [9.17, 15) is 24.5 Å². The van der Waals surface area contributed by atoms with Crippen molar-refractivity contribution in [2.75, 3.05) is 21.3 Å². The predicted molar refractivity (Wildman–Crippen MR) is 97.7 cm³/mol. The molecule has 0 fully saturated rings. The maximum absolute atomic E-state index is 12.0. The highest BCUT2D eigenvalue weighted by Gasteiger charge is 2.22. The number of ether oxygens (including phenoxy) is 3. The van der Waals surface area contributed by atoms with Gasteiger partial charge in [-0.1, -0.05) is 11.8 Å². The number of carbonyl (C=O) groups excluding carboxylic acids is 3. The molecule has 28 heavy (non-hydrogen) atoms. The van der Waals surface area contributed by atoms with Crippen LogP contribution in [-0.2, 0) is 14.2 Å². The minimum atomic E-state index is -0.720. The number of hydrogen-bond donors (Lipinski definition) is 0. The molecule has 0 amide bonds. The van der Waals surface area contributed by atoms with Gasteiger partial charge in [0.1, 0.15) is 0 Å². The van der Waals surface area contributed by atoms with Crippen LogP contribution in [0.4, 0.5) is 5.69 Å². The van der Waals surface area contributed by atoms with Gasteiger partial charge in [-0.2, -0.15) is 0 Å². The lowest BCUT2D eigenvalue weighted by molar-refractivity contribution is -0.387. The molecule has 0 aliphatic rings. The minimum Gasteiger partial charge on any atom is -0.465 e. The first kappa shape index (κ1) is 20.9. The summed E-state index contributed by atoms with van der Waals surface area (Å²) in [4.78, 5) is 46.6. The van der Waals surface area contributed by atoms with Crippen LogP contribution in [0.2, 0.25) is 0 Å². The van der Waals surface area contributed by atoms with Crippen LogP contribution in [-0.4, -0.2) is 44.2 Å². The van der Waals surface area contributed by atoms with E-state index in [-0.39, 0.29) is 32.2 Å². The summed E-state index contributed by atoms with van der Waals surface area (Å²) in [6, 6.07) is 7.94. The van der Waals surface area contributed by atoms with Gasteiger partial charge in [0, 0.05) is 11.0 Å². The Bertz CT molecular complexity index is 957. The van der Waals surface area contributed by atoms with E-state index in [0.29, 0.717) is 0 Å². The highest BCUT2D eigenvalue weighted by Crippen LogP contribution is 2.38. The Morgan fingerprint density at radius 1 is 0.821 bits per heavy atom. The Balaban J connectivity index is 2.56. The molecular weight excluding hydrogens is 390 g/mol. The van der Waals surface area contributed by atoms with Gasteiger partial charge in [-0.15, -0.1) is 0 Å². The van der Waals surface area contributed by atoms with Crippen LogP contribution < -0.4 is 0 Å². The Kier molecular flexibility index (Phi) is 6.72. The lowest BCUT2D eigenvalue weighted by atomic mass is 10.1. The molecule has 0 heterocycles. The summed E-state index contributed by atoms with van der Waals surface area (Å²) in [6.45, 7) is 0. The summed E-state index contributed by atoms with van der Waals surface area (Å²) in [6.07, 6.45) is 0. The number of nitro groups is 1. The Hall–Kier alpha value is -3.40. The third-order valence-electron chi connectivity index (χ3n) is 3.60. The van der Waals surface area contributed by atoms with E-state index in [0.717, 1.165) is 24.9 Å². The van der Waals surface area contributed by atoms with Crippen molar-refractivity contribution in [2.24, 2.45) is 0 Å². The van der Waals surface area contributed by atoms with E-state index in [4.69, 9.17) is 4.74 Å². The average Bonchev–Trinajstić information content (AvgIpc) is 2.71. The summed E-state index contributed by atoms with van der Waals surface area (Å²) in [5.41, 5.74) is -0.0692. The van der Waals surface area contributed by atoms with E-state index in [2.05, 4.69) is 9.47 Å². The lowest BCUT2D eigenvalue weighted by Gasteiger charge is -2.10. The van der Waals surface area contributed by atoms with Gasteiger partial charge in [0.05, 0.1) is 47.8 Å². The van der Waals surface area contributed by atoms with Crippen molar-refractivity contribution in [1.29, 1.82) is 0 Å². The summed E-state index contributed by atoms with van der Waals surface area (Å²) in [5.74, 6) is -2.02. The molecule has 10 heteroatoms. The quantitative estimate of drug-likeness (QED) is 0.309. The van der Waals surface area contributed by atoms with Gasteiger partial charge < -0.3 is 14.2 Å². The van der Waals surface area contributed by atoms with Crippen LogP contribution in [0.15, 0.2) is 46.2 Å². The monoisotopic (exact) mass is 405 g/mol. The highest BCUT2D eigenvalue weighted by atomic mass is 32.2. The fourth-order valence-corrected chi connectivity index (χ4v) is 3.30. The maximum atomic E-state index is 12.0. The standard InChI is InChI=1S/C18H15NO8S/c1-25-16(20)10-5-7-14(13(8-10)19(23)24)28-15-9-11(17(21)26-2)4-6-12(15)18(22)27-3/h4-9H,1-3H3. The summed E-state index contributed by atoms with van der Waals surface area (Å²) in [5, 5.41) is 11.4. The number of rotatable bonds is 6. The molecule has 2 aromatic carbocycles. The van der Waals surface area contributed by atoms with Crippen molar-refractivity contribution < 1.29 is 33.5 Å². The van der Waals surface area contributed by atoms with Crippen LogP contribution in [0.1, 0.15) is 31.1 Å². The largest absolute Gasteiger partial charge is 0.465 e. The molecule has 2 aromatic rings. The third-order valence-corrected chi connectivity index (χ3v) is 4.73. The topological polar surface area (TPSA) is 122 Å². The molecular formula is C18H15NO8S. The summed E-state index contributed by atoms with van der Waals surface area (Å²) in [7, 11) is 3.57. The molecule has 0 aliphatic carbocycles. The van der Waals surface area contributed by atoms with Crippen LogP contribution in [0.3, 0.4) is 0 Å².